The Morgan fingerprint density at radius 2 is 2.36 bits per heavy atom. The van der Waals surface area contributed by atoms with Crippen LogP contribution in [0, 0.1) is 11.8 Å². The highest BCUT2D eigenvalue weighted by Crippen LogP contribution is 2.26. The van der Waals surface area contributed by atoms with Crippen molar-refractivity contribution >= 4 is 11.8 Å². The second-order valence-electron chi connectivity index (χ2n) is 3.46. The molecular formula is C11H14O3. The Hall–Kier alpha value is -1.38. The summed E-state index contributed by atoms with van der Waals surface area (Å²) in [7, 11) is 0. The summed E-state index contributed by atoms with van der Waals surface area (Å²) < 4.78 is 5.02. The van der Waals surface area contributed by atoms with E-state index in [1.807, 2.05) is 6.92 Å². The van der Waals surface area contributed by atoms with Gasteiger partial charge in [0.25, 0.3) is 0 Å². The molecule has 0 radical (unpaired) electrons. The molecule has 3 atom stereocenters. The molecule has 0 amide bonds. The summed E-state index contributed by atoms with van der Waals surface area (Å²) in [5.74, 6) is -0.641. The number of hydrogen-bond donors (Lipinski definition) is 0. The molecule has 0 aromatic carbocycles. The number of ketones is 1. The topological polar surface area (TPSA) is 43.4 Å². The minimum Gasteiger partial charge on any atom is -0.457 e. The maximum atomic E-state index is 11.4. The Balaban J connectivity index is 2.75. The summed E-state index contributed by atoms with van der Waals surface area (Å²) in [5, 5.41) is 0. The van der Waals surface area contributed by atoms with E-state index < -0.39 is 6.10 Å². The average Bonchev–Trinajstić information content (AvgIpc) is 2.45. The van der Waals surface area contributed by atoms with Gasteiger partial charge in [-0.05, 0) is 18.1 Å². The fourth-order valence-corrected chi connectivity index (χ4v) is 1.59. The molecule has 0 N–H and O–H groups in total. The predicted octanol–water partition coefficient (Wildman–Crippen LogP) is 1.50. The van der Waals surface area contributed by atoms with E-state index in [2.05, 4.69) is 6.58 Å². The van der Waals surface area contributed by atoms with Crippen LogP contribution < -0.4 is 0 Å². The van der Waals surface area contributed by atoms with Gasteiger partial charge in [-0.2, -0.15) is 0 Å². The van der Waals surface area contributed by atoms with Crippen LogP contribution in [0.2, 0.25) is 0 Å². The van der Waals surface area contributed by atoms with Gasteiger partial charge in [-0.3, -0.25) is 9.59 Å². The predicted molar refractivity (Wildman–Crippen MR) is 52.6 cm³/mol. The number of ether oxygens (including phenoxy) is 1. The molecule has 3 nitrogen and oxygen atoms in total. The van der Waals surface area contributed by atoms with Crippen LogP contribution in [0.25, 0.3) is 0 Å². The van der Waals surface area contributed by atoms with Crippen LogP contribution in [-0.4, -0.2) is 17.9 Å². The molecule has 3 heteroatoms. The zero-order chi connectivity index (χ0) is 10.7. The van der Waals surface area contributed by atoms with Crippen molar-refractivity contribution in [3.8, 4) is 0 Å². The smallest absolute Gasteiger partial charge is 0.303 e. The van der Waals surface area contributed by atoms with Crippen molar-refractivity contribution in [1.29, 1.82) is 0 Å². The van der Waals surface area contributed by atoms with Crippen LogP contribution >= 0.6 is 0 Å². The monoisotopic (exact) mass is 194 g/mol. The molecule has 76 valence electrons. The van der Waals surface area contributed by atoms with E-state index in [1.165, 1.54) is 13.0 Å². The lowest BCUT2D eigenvalue weighted by Crippen LogP contribution is -2.29. The third-order valence-corrected chi connectivity index (χ3v) is 2.37. The molecule has 1 rings (SSSR count). The summed E-state index contributed by atoms with van der Waals surface area (Å²) in [5.41, 5.74) is 0. The Bertz CT molecular complexity index is 291. The van der Waals surface area contributed by atoms with Crippen molar-refractivity contribution in [2.75, 3.05) is 0 Å². The van der Waals surface area contributed by atoms with Gasteiger partial charge in [-0.25, -0.2) is 0 Å². The number of rotatable bonds is 3. The first-order valence-corrected chi connectivity index (χ1v) is 4.58. The second-order valence-corrected chi connectivity index (χ2v) is 3.46. The standard InChI is InChI=1S/C11H14O3/c1-4-7(2)11-9(13)5-6-10(11)14-8(3)12/h4-7,10-11H,1H2,2-3H3. The zero-order valence-electron chi connectivity index (χ0n) is 8.40. The molecule has 1 aliphatic rings. The lowest BCUT2D eigenvalue weighted by molar-refractivity contribution is -0.147. The quantitative estimate of drug-likeness (QED) is 0.505. The number of carbonyl (C=O) groups is 2. The minimum atomic E-state index is -0.423. The normalized spacial score (nSPS) is 27.4. The molecule has 0 saturated carbocycles. The van der Waals surface area contributed by atoms with Gasteiger partial charge in [0, 0.05) is 6.92 Å². The van der Waals surface area contributed by atoms with Crippen LogP contribution in [0.3, 0.4) is 0 Å². The van der Waals surface area contributed by atoms with E-state index in [0.717, 1.165) is 0 Å². The highest BCUT2D eigenvalue weighted by Gasteiger charge is 2.35. The van der Waals surface area contributed by atoms with E-state index in [1.54, 1.807) is 12.2 Å². The largest absolute Gasteiger partial charge is 0.457 e. The number of hydrogen-bond acceptors (Lipinski definition) is 3. The van der Waals surface area contributed by atoms with E-state index >= 15 is 0 Å². The molecule has 0 saturated heterocycles. The summed E-state index contributed by atoms with van der Waals surface area (Å²) in [6.07, 6.45) is 4.38. The van der Waals surface area contributed by atoms with Crippen LogP contribution in [0.4, 0.5) is 0 Å². The van der Waals surface area contributed by atoms with Crippen LogP contribution in [0.5, 0.6) is 0 Å². The van der Waals surface area contributed by atoms with Gasteiger partial charge in [-0.1, -0.05) is 13.0 Å². The second kappa shape index (κ2) is 4.22. The summed E-state index contributed by atoms with van der Waals surface area (Å²) in [6, 6.07) is 0. The molecule has 14 heavy (non-hydrogen) atoms. The molecule has 0 bridgehead atoms. The highest BCUT2D eigenvalue weighted by atomic mass is 16.5. The number of carbonyl (C=O) groups excluding carboxylic acids is 2. The first-order valence-electron chi connectivity index (χ1n) is 4.58. The molecule has 0 spiro atoms. The first kappa shape index (κ1) is 10.7. The SMILES string of the molecule is C=CC(C)C1C(=O)C=CC1OC(C)=O. The van der Waals surface area contributed by atoms with Crippen LogP contribution in [-0.2, 0) is 14.3 Å². The third kappa shape index (κ3) is 2.10. The summed E-state index contributed by atoms with van der Waals surface area (Å²) in [4.78, 5) is 22.2. The Labute approximate surface area is 83.4 Å². The Morgan fingerprint density at radius 3 is 2.86 bits per heavy atom. The Kier molecular flexibility index (Phi) is 3.23. The molecular weight excluding hydrogens is 180 g/mol. The van der Waals surface area contributed by atoms with Crippen molar-refractivity contribution in [2.24, 2.45) is 11.8 Å². The van der Waals surface area contributed by atoms with E-state index in [4.69, 9.17) is 4.74 Å². The lowest BCUT2D eigenvalue weighted by Gasteiger charge is -2.21. The number of esters is 1. The molecule has 3 unspecified atom stereocenters. The summed E-state index contributed by atoms with van der Waals surface area (Å²) in [6.45, 7) is 6.86. The van der Waals surface area contributed by atoms with Crippen molar-refractivity contribution in [1.82, 2.24) is 0 Å². The molecule has 1 aliphatic carbocycles. The van der Waals surface area contributed by atoms with Crippen molar-refractivity contribution in [3.05, 3.63) is 24.8 Å². The molecule has 0 aliphatic heterocycles. The molecule has 0 aromatic rings. The average molecular weight is 194 g/mol. The third-order valence-electron chi connectivity index (χ3n) is 2.37. The molecule has 0 fully saturated rings. The highest BCUT2D eigenvalue weighted by molar-refractivity contribution is 5.95. The van der Waals surface area contributed by atoms with Gasteiger partial charge in [0.1, 0.15) is 6.10 Å². The van der Waals surface area contributed by atoms with Gasteiger partial charge in [0.2, 0.25) is 0 Å². The van der Waals surface area contributed by atoms with Gasteiger partial charge >= 0.3 is 5.97 Å². The van der Waals surface area contributed by atoms with Gasteiger partial charge in [0.05, 0.1) is 5.92 Å². The van der Waals surface area contributed by atoms with Gasteiger partial charge in [-0.15, -0.1) is 6.58 Å². The minimum absolute atomic E-state index is 0.00338. The van der Waals surface area contributed by atoms with Crippen molar-refractivity contribution < 1.29 is 14.3 Å². The van der Waals surface area contributed by atoms with E-state index in [9.17, 15) is 9.59 Å². The van der Waals surface area contributed by atoms with Crippen LogP contribution in [0.15, 0.2) is 24.8 Å². The van der Waals surface area contributed by atoms with Gasteiger partial charge in [0.15, 0.2) is 5.78 Å². The number of allylic oxidation sites excluding steroid dienone is 2. The van der Waals surface area contributed by atoms with Gasteiger partial charge < -0.3 is 4.74 Å². The zero-order valence-corrected chi connectivity index (χ0v) is 8.40. The summed E-state index contributed by atoms with van der Waals surface area (Å²) >= 11 is 0. The van der Waals surface area contributed by atoms with Crippen molar-refractivity contribution in [2.45, 2.75) is 20.0 Å². The fraction of sp³-hybridized carbons (Fsp3) is 0.455. The first-order chi connectivity index (χ1) is 6.56. The Morgan fingerprint density at radius 1 is 1.71 bits per heavy atom. The van der Waals surface area contributed by atoms with E-state index in [0.29, 0.717) is 0 Å². The molecule has 0 heterocycles. The molecule has 0 aromatic heterocycles. The fourth-order valence-electron chi connectivity index (χ4n) is 1.59. The maximum absolute atomic E-state index is 11.4. The lowest BCUT2D eigenvalue weighted by atomic mass is 9.89. The maximum Gasteiger partial charge on any atom is 0.303 e. The van der Waals surface area contributed by atoms with Crippen molar-refractivity contribution in [3.63, 3.8) is 0 Å². The van der Waals surface area contributed by atoms with Crippen LogP contribution in [0.1, 0.15) is 13.8 Å². The van der Waals surface area contributed by atoms with E-state index in [-0.39, 0.29) is 23.6 Å².